The second-order valence-electron chi connectivity index (χ2n) is 4.58. The Morgan fingerprint density at radius 3 is 2.57 bits per heavy atom. The molecule has 1 N–H and O–H groups in total. The Hall–Kier alpha value is -2.95. The van der Waals surface area contributed by atoms with E-state index in [0.29, 0.717) is 27.9 Å². The van der Waals surface area contributed by atoms with Crippen molar-refractivity contribution in [2.24, 2.45) is 0 Å². The number of benzene rings is 2. The molecule has 21 heavy (non-hydrogen) atoms. The summed E-state index contributed by atoms with van der Waals surface area (Å²) in [6.45, 7) is 0. The average Bonchev–Trinajstić information content (AvgIpc) is 2.81. The normalized spacial score (nSPS) is 12.8. The van der Waals surface area contributed by atoms with Crippen molar-refractivity contribution < 1.29 is 19.1 Å². The van der Waals surface area contributed by atoms with Gasteiger partial charge in [0.2, 0.25) is 0 Å². The van der Waals surface area contributed by atoms with E-state index in [1.165, 1.54) is 7.11 Å². The van der Waals surface area contributed by atoms with Crippen LogP contribution in [0.1, 0.15) is 20.7 Å². The molecule has 3 rings (SSSR count). The van der Waals surface area contributed by atoms with Gasteiger partial charge in [0.15, 0.2) is 0 Å². The van der Waals surface area contributed by atoms with Gasteiger partial charge in [0.05, 0.1) is 23.9 Å². The summed E-state index contributed by atoms with van der Waals surface area (Å²) in [5.74, 6) is -1.66. The second-order valence-corrected chi connectivity index (χ2v) is 4.58. The Balaban J connectivity index is 2.13. The molecule has 0 saturated heterocycles. The Morgan fingerprint density at radius 1 is 1.05 bits per heavy atom. The Labute approximate surface area is 120 Å². The fourth-order valence-electron chi connectivity index (χ4n) is 2.33. The van der Waals surface area contributed by atoms with Gasteiger partial charge in [0.1, 0.15) is 0 Å². The molecule has 0 spiro atoms. The molecule has 0 atom stereocenters. The lowest BCUT2D eigenvalue weighted by Gasteiger charge is -2.09. The minimum Gasteiger partial charge on any atom is -0.465 e. The van der Waals surface area contributed by atoms with Crippen LogP contribution in [0.5, 0.6) is 0 Å². The first-order valence-corrected chi connectivity index (χ1v) is 6.29. The van der Waals surface area contributed by atoms with Crippen molar-refractivity contribution in [2.45, 2.75) is 0 Å². The minimum atomic E-state index is -0.636. The molecule has 1 aliphatic heterocycles. The molecule has 2 aromatic carbocycles. The van der Waals surface area contributed by atoms with Crippen LogP contribution in [0, 0.1) is 0 Å². The van der Waals surface area contributed by atoms with Gasteiger partial charge in [-0.1, -0.05) is 24.3 Å². The topological polar surface area (TPSA) is 72.5 Å². The number of nitrogens with one attached hydrogen (secondary N) is 1. The number of ketones is 1. The lowest BCUT2D eigenvalue weighted by Crippen LogP contribution is -2.12. The van der Waals surface area contributed by atoms with E-state index in [1.807, 2.05) is 0 Å². The fraction of sp³-hybridized carbons (Fsp3) is 0.0625. The molecule has 104 valence electrons. The van der Waals surface area contributed by atoms with Gasteiger partial charge in [-0.2, -0.15) is 0 Å². The molecule has 1 aliphatic rings. The van der Waals surface area contributed by atoms with Crippen molar-refractivity contribution >= 4 is 23.3 Å². The number of ether oxygens (including phenoxy) is 1. The SMILES string of the molecule is COC(=O)c1ccccc1-c1ccc2c(c1)C(=O)C(=O)N2. The fourth-order valence-corrected chi connectivity index (χ4v) is 2.33. The number of Topliss-reactive ketones (excluding diaryl/α,β-unsaturated/α-hetero) is 1. The van der Waals surface area contributed by atoms with Gasteiger partial charge in [-0.25, -0.2) is 4.79 Å². The lowest BCUT2D eigenvalue weighted by atomic mass is 9.97. The maximum atomic E-state index is 11.8. The van der Waals surface area contributed by atoms with Crippen molar-refractivity contribution in [2.75, 3.05) is 12.4 Å². The van der Waals surface area contributed by atoms with Crippen LogP contribution in [0.2, 0.25) is 0 Å². The molecule has 0 fully saturated rings. The summed E-state index contributed by atoms with van der Waals surface area (Å²) in [5, 5.41) is 2.49. The Bertz CT molecular complexity index is 780. The highest BCUT2D eigenvalue weighted by atomic mass is 16.5. The smallest absolute Gasteiger partial charge is 0.338 e. The van der Waals surface area contributed by atoms with Gasteiger partial charge in [-0.05, 0) is 29.3 Å². The maximum Gasteiger partial charge on any atom is 0.338 e. The van der Waals surface area contributed by atoms with Crippen molar-refractivity contribution in [1.82, 2.24) is 0 Å². The molecular weight excluding hydrogens is 270 g/mol. The van der Waals surface area contributed by atoms with Gasteiger partial charge >= 0.3 is 5.97 Å². The number of hydrogen-bond donors (Lipinski definition) is 1. The molecule has 2 aromatic rings. The van der Waals surface area contributed by atoms with Gasteiger partial charge in [-0.3, -0.25) is 9.59 Å². The molecule has 0 aromatic heterocycles. The number of hydrogen-bond acceptors (Lipinski definition) is 4. The predicted molar refractivity (Wildman–Crippen MR) is 76.2 cm³/mol. The monoisotopic (exact) mass is 281 g/mol. The molecule has 0 radical (unpaired) electrons. The number of carbonyl (C=O) groups excluding carboxylic acids is 3. The van der Waals surface area contributed by atoms with E-state index in [4.69, 9.17) is 4.74 Å². The number of carbonyl (C=O) groups is 3. The summed E-state index contributed by atoms with van der Waals surface area (Å²) < 4.78 is 4.76. The molecule has 1 heterocycles. The summed E-state index contributed by atoms with van der Waals surface area (Å²) in [5.41, 5.74) is 2.55. The van der Waals surface area contributed by atoms with Crippen LogP contribution in [0.3, 0.4) is 0 Å². The number of fused-ring (bicyclic) bond motifs is 1. The van der Waals surface area contributed by atoms with Crippen LogP contribution in [0.25, 0.3) is 11.1 Å². The highest BCUT2D eigenvalue weighted by molar-refractivity contribution is 6.51. The number of anilines is 1. The van der Waals surface area contributed by atoms with E-state index in [9.17, 15) is 14.4 Å². The zero-order chi connectivity index (χ0) is 15.0. The first-order chi connectivity index (χ1) is 10.1. The summed E-state index contributed by atoms with van der Waals surface area (Å²) >= 11 is 0. The van der Waals surface area contributed by atoms with Crippen molar-refractivity contribution in [3.63, 3.8) is 0 Å². The van der Waals surface area contributed by atoms with Crippen molar-refractivity contribution in [3.05, 3.63) is 53.6 Å². The summed E-state index contributed by atoms with van der Waals surface area (Å²) in [7, 11) is 1.31. The molecule has 0 saturated carbocycles. The molecule has 5 nitrogen and oxygen atoms in total. The second kappa shape index (κ2) is 4.86. The van der Waals surface area contributed by atoms with E-state index in [2.05, 4.69) is 5.32 Å². The zero-order valence-electron chi connectivity index (χ0n) is 11.2. The molecule has 0 bridgehead atoms. The average molecular weight is 281 g/mol. The summed E-state index contributed by atoms with van der Waals surface area (Å²) in [4.78, 5) is 34.9. The Morgan fingerprint density at radius 2 is 1.81 bits per heavy atom. The van der Waals surface area contributed by atoms with Crippen LogP contribution in [-0.2, 0) is 9.53 Å². The number of esters is 1. The minimum absolute atomic E-state index is 0.317. The van der Waals surface area contributed by atoms with Crippen LogP contribution < -0.4 is 5.32 Å². The van der Waals surface area contributed by atoms with E-state index in [-0.39, 0.29) is 0 Å². The quantitative estimate of drug-likeness (QED) is 0.677. The highest BCUT2D eigenvalue weighted by Gasteiger charge is 2.28. The van der Waals surface area contributed by atoms with Gasteiger partial charge in [-0.15, -0.1) is 0 Å². The summed E-state index contributed by atoms with van der Waals surface area (Å²) in [6, 6.07) is 12.0. The third kappa shape index (κ3) is 2.08. The molecule has 1 amide bonds. The van der Waals surface area contributed by atoms with Crippen molar-refractivity contribution in [3.8, 4) is 11.1 Å². The van der Waals surface area contributed by atoms with E-state index in [1.54, 1.807) is 42.5 Å². The largest absolute Gasteiger partial charge is 0.465 e. The molecule has 0 unspecified atom stereocenters. The van der Waals surface area contributed by atoms with Gasteiger partial charge in [0.25, 0.3) is 11.7 Å². The van der Waals surface area contributed by atoms with Crippen LogP contribution in [0.4, 0.5) is 5.69 Å². The predicted octanol–water partition coefficient (Wildman–Crippen LogP) is 2.27. The Kier molecular flexibility index (Phi) is 3.02. The van der Waals surface area contributed by atoms with Gasteiger partial charge < -0.3 is 10.1 Å². The third-order valence-corrected chi connectivity index (χ3v) is 3.36. The molecular formula is C16H11NO4. The molecule has 0 aliphatic carbocycles. The van der Waals surface area contributed by atoms with Crippen LogP contribution in [-0.4, -0.2) is 24.8 Å². The first kappa shape index (κ1) is 13.1. The molecule has 5 heteroatoms. The number of rotatable bonds is 2. The highest BCUT2D eigenvalue weighted by Crippen LogP contribution is 2.31. The third-order valence-electron chi connectivity index (χ3n) is 3.36. The standard InChI is InChI=1S/C16H11NO4/c1-21-16(20)11-5-3-2-4-10(11)9-6-7-13-12(8-9)14(18)15(19)17-13/h2-8H,1H3,(H,17,18,19). The number of methoxy groups -OCH3 is 1. The maximum absolute atomic E-state index is 11.8. The van der Waals surface area contributed by atoms with Crippen LogP contribution >= 0.6 is 0 Å². The van der Waals surface area contributed by atoms with Crippen LogP contribution in [0.15, 0.2) is 42.5 Å². The lowest BCUT2D eigenvalue weighted by molar-refractivity contribution is -0.112. The van der Waals surface area contributed by atoms with Crippen molar-refractivity contribution in [1.29, 1.82) is 0 Å². The van der Waals surface area contributed by atoms with E-state index >= 15 is 0 Å². The van der Waals surface area contributed by atoms with E-state index in [0.717, 1.165) is 0 Å². The first-order valence-electron chi connectivity index (χ1n) is 6.29. The summed E-state index contributed by atoms with van der Waals surface area (Å²) in [6.07, 6.45) is 0. The van der Waals surface area contributed by atoms with Gasteiger partial charge in [0, 0.05) is 0 Å². The van der Waals surface area contributed by atoms with E-state index < -0.39 is 17.7 Å². The zero-order valence-corrected chi connectivity index (χ0v) is 11.2. The number of amides is 1.